The Hall–Kier alpha value is -2.88. The van der Waals surface area contributed by atoms with Gasteiger partial charge in [-0.1, -0.05) is 6.07 Å². The highest BCUT2D eigenvalue weighted by Crippen LogP contribution is 2.49. The molecule has 5 rings (SSSR count). The van der Waals surface area contributed by atoms with Crippen LogP contribution in [-0.4, -0.2) is 43.1 Å². The second-order valence-electron chi connectivity index (χ2n) is 7.63. The lowest BCUT2D eigenvalue weighted by atomic mass is 9.90. The number of thioether (sulfide) groups is 1. The van der Waals surface area contributed by atoms with Crippen LogP contribution < -0.4 is 10.7 Å². The molecule has 2 aromatic rings. The van der Waals surface area contributed by atoms with Crippen molar-refractivity contribution in [3.05, 3.63) is 63.1 Å². The van der Waals surface area contributed by atoms with Gasteiger partial charge in [-0.25, -0.2) is 8.78 Å². The van der Waals surface area contributed by atoms with E-state index in [2.05, 4.69) is 5.32 Å². The summed E-state index contributed by atoms with van der Waals surface area (Å²) in [6.07, 6.45) is 3.21. The van der Waals surface area contributed by atoms with Crippen LogP contribution in [0.5, 0.6) is 5.75 Å². The first-order valence-corrected chi connectivity index (χ1v) is 10.5. The number of hydrogen-bond donors (Lipinski definition) is 2. The van der Waals surface area contributed by atoms with Crippen molar-refractivity contribution in [2.75, 3.05) is 0 Å². The van der Waals surface area contributed by atoms with E-state index in [9.17, 15) is 28.3 Å². The molecule has 2 N–H and O–H groups in total. The summed E-state index contributed by atoms with van der Waals surface area (Å²) >= 11 is 1.70. The van der Waals surface area contributed by atoms with Crippen LogP contribution in [-0.2, 0) is 13.1 Å². The first-order chi connectivity index (χ1) is 14.3. The first kappa shape index (κ1) is 19.1. The van der Waals surface area contributed by atoms with Gasteiger partial charge >= 0.3 is 0 Å². The van der Waals surface area contributed by atoms with E-state index in [1.165, 1.54) is 16.8 Å². The predicted octanol–water partition coefficient (Wildman–Crippen LogP) is 1.82. The number of aromatic nitrogens is 1. The molecule has 1 aromatic heterocycles. The molecule has 2 amide bonds. The lowest BCUT2D eigenvalue weighted by Crippen LogP contribution is -2.52. The van der Waals surface area contributed by atoms with Crippen LogP contribution in [0.3, 0.4) is 0 Å². The largest absolute Gasteiger partial charge is 0.503 e. The molecule has 3 aliphatic rings. The zero-order valence-electron chi connectivity index (χ0n) is 15.6. The molecule has 0 spiro atoms. The molecule has 10 heteroatoms. The molecule has 7 nitrogen and oxygen atoms in total. The van der Waals surface area contributed by atoms with Crippen LogP contribution in [0.1, 0.15) is 39.3 Å². The second-order valence-corrected chi connectivity index (χ2v) is 9.05. The Balaban J connectivity index is 1.43. The van der Waals surface area contributed by atoms with E-state index in [0.29, 0.717) is 17.9 Å². The van der Waals surface area contributed by atoms with Crippen LogP contribution in [0.4, 0.5) is 8.78 Å². The Labute approximate surface area is 173 Å². The maximum Gasteiger partial charge on any atom is 0.275 e. The van der Waals surface area contributed by atoms with Gasteiger partial charge < -0.3 is 19.9 Å². The third-order valence-corrected chi connectivity index (χ3v) is 7.51. The van der Waals surface area contributed by atoms with Crippen molar-refractivity contribution in [3.63, 3.8) is 0 Å². The van der Waals surface area contributed by atoms with E-state index >= 15 is 0 Å². The first-order valence-electron chi connectivity index (χ1n) is 9.52. The molecule has 0 bridgehead atoms. The standard InChI is InChI=1S/C20H17F2N3O4S/c21-10-2-1-9(12(22)5-10)6-23-19(28)11-7-24-8-15-25(13-3-4-14(13)30-15)20(29)16(24)18(27)17(11)26/h1-2,5,7,13-15,27H,3-4,6,8H2,(H,23,28). The summed E-state index contributed by atoms with van der Waals surface area (Å²) in [7, 11) is 0. The van der Waals surface area contributed by atoms with Crippen molar-refractivity contribution in [1.82, 2.24) is 14.8 Å². The number of fused-ring (bicyclic) bond motifs is 4. The van der Waals surface area contributed by atoms with Crippen LogP contribution >= 0.6 is 11.8 Å². The number of hydrogen-bond acceptors (Lipinski definition) is 5. The van der Waals surface area contributed by atoms with E-state index in [-0.39, 0.29) is 34.8 Å². The molecule has 0 radical (unpaired) electrons. The summed E-state index contributed by atoms with van der Waals surface area (Å²) < 4.78 is 28.2. The Morgan fingerprint density at radius 1 is 1.27 bits per heavy atom. The number of rotatable bonds is 3. The average Bonchev–Trinajstić information content (AvgIpc) is 2.94. The average molecular weight is 433 g/mol. The lowest BCUT2D eigenvalue weighted by Gasteiger charge is -2.39. The molecule has 1 saturated heterocycles. The van der Waals surface area contributed by atoms with Gasteiger partial charge in [-0.3, -0.25) is 14.4 Å². The molecule has 2 aliphatic heterocycles. The molecule has 2 fully saturated rings. The van der Waals surface area contributed by atoms with Crippen molar-refractivity contribution < 1.29 is 23.5 Å². The monoisotopic (exact) mass is 433 g/mol. The number of nitrogens with zero attached hydrogens (tertiary/aromatic N) is 2. The number of aromatic hydroxyl groups is 1. The van der Waals surface area contributed by atoms with Gasteiger partial charge in [-0.2, -0.15) is 0 Å². The topological polar surface area (TPSA) is 91.6 Å². The molecule has 30 heavy (non-hydrogen) atoms. The maximum absolute atomic E-state index is 13.8. The van der Waals surface area contributed by atoms with Crippen molar-refractivity contribution in [2.24, 2.45) is 0 Å². The quantitative estimate of drug-likeness (QED) is 0.771. The number of halogens is 2. The number of nitrogens with one attached hydrogen (secondary N) is 1. The van der Waals surface area contributed by atoms with E-state index in [0.717, 1.165) is 18.9 Å². The highest BCUT2D eigenvalue weighted by molar-refractivity contribution is 8.00. The third kappa shape index (κ3) is 2.81. The van der Waals surface area contributed by atoms with Gasteiger partial charge in [0.05, 0.1) is 11.9 Å². The van der Waals surface area contributed by atoms with Crippen molar-refractivity contribution in [1.29, 1.82) is 0 Å². The summed E-state index contributed by atoms with van der Waals surface area (Å²) in [6.45, 7) is 0.0981. The molecular weight excluding hydrogens is 416 g/mol. The Morgan fingerprint density at radius 2 is 2.07 bits per heavy atom. The summed E-state index contributed by atoms with van der Waals surface area (Å²) in [5, 5.41) is 13.1. The molecule has 3 heterocycles. The molecule has 1 aromatic carbocycles. The normalized spacial score (nSPS) is 24.0. The zero-order valence-corrected chi connectivity index (χ0v) is 16.4. The fourth-order valence-corrected chi connectivity index (χ4v) is 5.98. The van der Waals surface area contributed by atoms with E-state index in [1.54, 1.807) is 16.7 Å². The minimum absolute atomic E-state index is 0.0516. The lowest BCUT2D eigenvalue weighted by molar-refractivity contribution is 0.0531. The van der Waals surface area contributed by atoms with Crippen molar-refractivity contribution in [2.45, 2.75) is 42.6 Å². The summed E-state index contributed by atoms with van der Waals surface area (Å²) in [5.74, 6) is -3.53. The Morgan fingerprint density at radius 3 is 2.77 bits per heavy atom. The van der Waals surface area contributed by atoms with Crippen molar-refractivity contribution in [3.8, 4) is 5.75 Å². The highest BCUT2D eigenvalue weighted by atomic mass is 32.2. The van der Waals surface area contributed by atoms with Gasteiger partial charge in [0.1, 0.15) is 17.2 Å². The molecule has 1 aliphatic carbocycles. The van der Waals surface area contributed by atoms with Gasteiger partial charge in [0, 0.05) is 35.7 Å². The van der Waals surface area contributed by atoms with Gasteiger partial charge in [0.2, 0.25) is 5.43 Å². The van der Waals surface area contributed by atoms with Crippen LogP contribution in [0.2, 0.25) is 0 Å². The molecule has 3 unspecified atom stereocenters. The Kier molecular flexibility index (Phi) is 4.35. The van der Waals surface area contributed by atoms with Crippen LogP contribution in [0.15, 0.2) is 29.2 Å². The number of benzene rings is 1. The van der Waals surface area contributed by atoms with Gasteiger partial charge in [0.15, 0.2) is 11.4 Å². The predicted molar refractivity (Wildman–Crippen MR) is 104 cm³/mol. The minimum Gasteiger partial charge on any atom is -0.503 e. The van der Waals surface area contributed by atoms with Gasteiger partial charge in [0.25, 0.3) is 11.8 Å². The summed E-state index contributed by atoms with van der Waals surface area (Å²) in [6, 6.07) is 3.09. The molecule has 1 saturated carbocycles. The van der Waals surface area contributed by atoms with Crippen LogP contribution in [0, 0.1) is 11.6 Å². The number of carbonyl (C=O) groups excluding carboxylic acids is 2. The second kappa shape index (κ2) is 6.83. The minimum atomic E-state index is -0.956. The summed E-state index contributed by atoms with van der Waals surface area (Å²) in [4.78, 5) is 39.8. The van der Waals surface area contributed by atoms with Crippen molar-refractivity contribution >= 4 is 23.6 Å². The van der Waals surface area contributed by atoms with Gasteiger partial charge in [-0.15, -0.1) is 11.8 Å². The SMILES string of the molecule is O=C(NCc1ccc(F)cc1F)c1cn2c(c(O)c1=O)C(=O)N1C(C2)SC2CCC21. The van der Waals surface area contributed by atoms with Crippen LogP contribution in [0.25, 0.3) is 0 Å². The fourth-order valence-electron chi connectivity index (χ4n) is 4.23. The fraction of sp³-hybridized carbons (Fsp3) is 0.350. The van der Waals surface area contributed by atoms with E-state index < -0.39 is 34.6 Å². The number of carbonyl (C=O) groups is 2. The van der Waals surface area contributed by atoms with Gasteiger partial charge in [-0.05, 0) is 18.9 Å². The van der Waals surface area contributed by atoms with E-state index in [1.807, 2.05) is 0 Å². The number of pyridine rings is 1. The smallest absolute Gasteiger partial charge is 0.275 e. The zero-order chi connectivity index (χ0) is 21.2. The third-order valence-electron chi connectivity index (χ3n) is 5.92. The molecular formula is C20H17F2N3O4S. The molecule has 156 valence electrons. The summed E-state index contributed by atoms with van der Waals surface area (Å²) in [5.41, 5.74) is -1.35. The highest BCUT2D eigenvalue weighted by Gasteiger charge is 2.52. The van der Waals surface area contributed by atoms with E-state index in [4.69, 9.17) is 0 Å². The number of amides is 2. The Bertz CT molecular complexity index is 1150. The molecule has 3 atom stereocenters. The maximum atomic E-state index is 13.8.